The summed E-state index contributed by atoms with van der Waals surface area (Å²) in [7, 11) is 0. The lowest BCUT2D eigenvalue weighted by atomic mass is 9.97. The molecule has 3 amide bonds. The molecule has 1 aliphatic rings. The number of benzene rings is 1. The third-order valence-corrected chi connectivity index (χ3v) is 4.46. The van der Waals surface area contributed by atoms with Crippen molar-refractivity contribution >= 4 is 17.9 Å². The third-order valence-electron chi connectivity index (χ3n) is 4.46. The Morgan fingerprint density at radius 3 is 2.32 bits per heavy atom. The minimum atomic E-state index is -0.868. The number of piperidine rings is 1. The highest BCUT2D eigenvalue weighted by Crippen LogP contribution is 2.19. The van der Waals surface area contributed by atoms with Gasteiger partial charge in [-0.15, -0.1) is 0 Å². The Morgan fingerprint density at radius 2 is 1.76 bits per heavy atom. The maximum absolute atomic E-state index is 12.2. The number of esters is 1. The molecule has 1 aromatic rings. The molecule has 1 aromatic carbocycles. The molecular weight excluding hydrogens is 322 g/mol. The van der Waals surface area contributed by atoms with Gasteiger partial charge in [0.2, 0.25) is 0 Å². The van der Waals surface area contributed by atoms with E-state index in [9.17, 15) is 14.4 Å². The summed E-state index contributed by atoms with van der Waals surface area (Å²) in [5.74, 6) is -1.05. The van der Waals surface area contributed by atoms with Crippen LogP contribution in [0.3, 0.4) is 0 Å². The van der Waals surface area contributed by atoms with Crippen LogP contribution >= 0.6 is 0 Å². The lowest BCUT2D eigenvalue weighted by molar-refractivity contribution is -0.160. The number of primary amides is 1. The fourth-order valence-corrected chi connectivity index (χ4v) is 2.82. The number of carbonyl (C=O) groups excluding carboxylic acids is 3. The van der Waals surface area contributed by atoms with E-state index in [1.807, 2.05) is 37.3 Å². The average molecular weight is 347 g/mol. The third kappa shape index (κ3) is 5.20. The van der Waals surface area contributed by atoms with E-state index in [4.69, 9.17) is 10.5 Å². The number of hydrogen-bond acceptors (Lipinski definition) is 4. The molecule has 0 saturated carbocycles. The summed E-state index contributed by atoms with van der Waals surface area (Å²) in [6.07, 6.45) is 0.125. The van der Waals surface area contributed by atoms with E-state index >= 15 is 0 Å². The first-order valence-corrected chi connectivity index (χ1v) is 8.48. The van der Waals surface area contributed by atoms with Gasteiger partial charge in [-0.25, -0.2) is 4.79 Å². The van der Waals surface area contributed by atoms with Gasteiger partial charge < -0.3 is 20.7 Å². The van der Waals surface area contributed by atoms with Crippen LogP contribution in [0.15, 0.2) is 30.3 Å². The van der Waals surface area contributed by atoms with E-state index in [0.29, 0.717) is 25.9 Å². The van der Waals surface area contributed by atoms with Gasteiger partial charge in [0.15, 0.2) is 6.10 Å². The van der Waals surface area contributed by atoms with Crippen LogP contribution in [0.2, 0.25) is 0 Å². The molecule has 0 spiro atoms. The predicted octanol–water partition coefficient (Wildman–Crippen LogP) is 1.59. The second kappa shape index (κ2) is 8.50. The number of rotatable bonds is 5. The molecule has 2 rings (SSSR count). The number of urea groups is 1. The zero-order chi connectivity index (χ0) is 18.4. The van der Waals surface area contributed by atoms with E-state index in [0.717, 1.165) is 5.56 Å². The van der Waals surface area contributed by atoms with Crippen molar-refractivity contribution in [2.45, 2.75) is 38.8 Å². The van der Waals surface area contributed by atoms with Crippen LogP contribution in [0.5, 0.6) is 0 Å². The van der Waals surface area contributed by atoms with E-state index in [2.05, 4.69) is 5.32 Å². The fourth-order valence-electron chi connectivity index (χ4n) is 2.82. The van der Waals surface area contributed by atoms with Gasteiger partial charge in [-0.3, -0.25) is 9.59 Å². The van der Waals surface area contributed by atoms with Crippen molar-refractivity contribution in [3.8, 4) is 0 Å². The maximum Gasteiger partial charge on any atom is 0.314 e. The first kappa shape index (κ1) is 18.8. The lowest BCUT2D eigenvalue weighted by Gasteiger charge is -2.30. The standard InChI is InChI=1S/C18H25N3O4/c1-12(14-6-4-3-5-7-14)20-16(22)13(2)25-17(23)15-8-10-21(11-9-15)18(19)24/h3-7,12-13,15H,8-11H2,1-2H3,(H2,19,24)(H,20,22)/t12-,13+/m1/s1. The summed E-state index contributed by atoms with van der Waals surface area (Å²) in [4.78, 5) is 37.0. The quantitative estimate of drug-likeness (QED) is 0.790. The van der Waals surface area contributed by atoms with Crippen LogP contribution in [0.4, 0.5) is 4.79 Å². The van der Waals surface area contributed by atoms with Crippen molar-refractivity contribution in [3.05, 3.63) is 35.9 Å². The van der Waals surface area contributed by atoms with Crippen LogP contribution in [0.25, 0.3) is 0 Å². The molecule has 0 unspecified atom stereocenters. The normalized spacial score (nSPS) is 17.4. The summed E-state index contributed by atoms with van der Waals surface area (Å²) in [5, 5.41) is 2.84. The van der Waals surface area contributed by atoms with Crippen LogP contribution in [0, 0.1) is 5.92 Å². The molecular formula is C18H25N3O4. The van der Waals surface area contributed by atoms with Crippen molar-refractivity contribution < 1.29 is 19.1 Å². The molecule has 1 fully saturated rings. The number of nitrogens with two attached hydrogens (primary N) is 1. The van der Waals surface area contributed by atoms with Gasteiger partial charge in [-0.05, 0) is 32.3 Å². The van der Waals surface area contributed by atoms with E-state index in [-0.39, 0.29) is 17.9 Å². The number of nitrogens with one attached hydrogen (secondary N) is 1. The van der Waals surface area contributed by atoms with Crippen molar-refractivity contribution in [2.75, 3.05) is 13.1 Å². The summed E-state index contributed by atoms with van der Waals surface area (Å²) in [6, 6.07) is 8.91. The van der Waals surface area contributed by atoms with Crippen molar-refractivity contribution in [1.82, 2.24) is 10.2 Å². The number of amides is 3. The molecule has 7 nitrogen and oxygen atoms in total. The Morgan fingerprint density at radius 1 is 1.16 bits per heavy atom. The molecule has 1 heterocycles. The molecule has 3 N–H and O–H groups in total. The molecule has 1 aliphatic heterocycles. The highest BCUT2D eigenvalue weighted by molar-refractivity contribution is 5.84. The number of hydrogen-bond donors (Lipinski definition) is 2. The Kier molecular flexibility index (Phi) is 6.38. The summed E-state index contributed by atoms with van der Waals surface area (Å²) < 4.78 is 5.30. The number of nitrogens with zero attached hydrogens (tertiary/aromatic N) is 1. The molecule has 0 bridgehead atoms. The first-order chi connectivity index (χ1) is 11.9. The zero-order valence-corrected chi connectivity index (χ0v) is 14.6. The molecule has 2 atom stereocenters. The SMILES string of the molecule is C[C@H](OC(=O)C1CCN(C(N)=O)CC1)C(=O)N[C@H](C)c1ccccc1. The van der Waals surface area contributed by atoms with Gasteiger partial charge >= 0.3 is 12.0 Å². The second-order valence-corrected chi connectivity index (χ2v) is 6.32. The molecule has 25 heavy (non-hydrogen) atoms. The zero-order valence-electron chi connectivity index (χ0n) is 14.6. The highest BCUT2D eigenvalue weighted by atomic mass is 16.5. The Bertz CT molecular complexity index is 612. The van der Waals surface area contributed by atoms with Crippen LogP contribution in [-0.2, 0) is 14.3 Å². The summed E-state index contributed by atoms with van der Waals surface area (Å²) >= 11 is 0. The van der Waals surface area contributed by atoms with Crippen LogP contribution in [-0.4, -0.2) is 42.0 Å². The smallest absolute Gasteiger partial charge is 0.314 e. The number of ether oxygens (including phenoxy) is 1. The van der Waals surface area contributed by atoms with Gasteiger partial charge in [-0.2, -0.15) is 0 Å². The Balaban J connectivity index is 1.80. The fraction of sp³-hybridized carbons (Fsp3) is 0.500. The topological polar surface area (TPSA) is 102 Å². The van der Waals surface area contributed by atoms with Gasteiger partial charge in [0.05, 0.1) is 12.0 Å². The highest BCUT2D eigenvalue weighted by Gasteiger charge is 2.30. The van der Waals surface area contributed by atoms with Gasteiger partial charge in [0.1, 0.15) is 0 Å². The van der Waals surface area contributed by atoms with E-state index in [1.54, 1.807) is 6.92 Å². The first-order valence-electron chi connectivity index (χ1n) is 8.48. The second-order valence-electron chi connectivity index (χ2n) is 6.32. The molecule has 0 aromatic heterocycles. The average Bonchev–Trinajstić information content (AvgIpc) is 2.62. The van der Waals surface area contributed by atoms with Crippen molar-refractivity contribution in [1.29, 1.82) is 0 Å². The predicted molar refractivity (Wildman–Crippen MR) is 92.4 cm³/mol. The van der Waals surface area contributed by atoms with Gasteiger partial charge in [0.25, 0.3) is 5.91 Å². The number of carbonyl (C=O) groups is 3. The van der Waals surface area contributed by atoms with Crippen molar-refractivity contribution in [2.24, 2.45) is 11.7 Å². The maximum atomic E-state index is 12.2. The molecule has 0 radical (unpaired) electrons. The van der Waals surface area contributed by atoms with E-state index < -0.39 is 18.1 Å². The monoisotopic (exact) mass is 347 g/mol. The Hall–Kier alpha value is -2.57. The molecule has 1 saturated heterocycles. The Labute approximate surface area is 147 Å². The molecule has 7 heteroatoms. The summed E-state index contributed by atoms with van der Waals surface area (Å²) in [5.41, 5.74) is 6.20. The van der Waals surface area contributed by atoms with Gasteiger partial charge in [0, 0.05) is 13.1 Å². The minimum Gasteiger partial charge on any atom is -0.452 e. The minimum absolute atomic E-state index is 0.173. The molecule has 136 valence electrons. The number of likely N-dealkylation sites (tertiary alicyclic amines) is 1. The van der Waals surface area contributed by atoms with Crippen LogP contribution in [0.1, 0.15) is 38.3 Å². The van der Waals surface area contributed by atoms with Gasteiger partial charge in [-0.1, -0.05) is 30.3 Å². The lowest BCUT2D eigenvalue weighted by Crippen LogP contribution is -2.44. The van der Waals surface area contributed by atoms with Crippen molar-refractivity contribution in [3.63, 3.8) is 0 Å². The molecule has 0 aliphatic carbocycles. The van der Waals surface area contributed by atoms with Crippen LogP contribution < -0.4 is 11.1 Å². The largest absolute Gasteiger partial charge is 0.452 e. The van der Waals surface area contributed by atoms with E-state index in [1.165, 1.54) is 4.90 Å². The summed E-state index contributed by atoms with van der Waals surface area (Å²) in [6.45, 7) is 4.30.